The maximum atomic E-state index is 13.4. The minimum Gasteiger partial charge on any atom is -0.409 e. The SMILES string of the molecule is CC(CC(N)=NO)Nc1c(F)cc(Br)cc1F. The van der Waals surface area contributed by atoms with Crippen LogP contribution in [0.4, 0.5) is 14.5 Å². The van der Waals surface area contributed by atoms with Crippen LogP contribution in [0.3, 0.4) is 0 Å². The van der Waals surface area contributed by atoms with Crippen LogP contribution in [-0.4, -0.2) is 17.1 Å². The first-order valence-corrected chi connectivity index (χ1v) is 5.60. The van der Waals surface area contributed by atoms with Gasteiger partial charge in [0.15, 0.2) is 0 Å². The molecule has 1 rings (SSSR count). The Labute approximate surface area is 106 Å². The highest BCUT2D eigenvalue weighted by Crippen LogP contribution is 2.24. The predicted octanol–water partition coefficient (Wildman–Crippen LogP) is 2.66. The van der Waals surface area contributed by atoms with E-state index < -0.39 is 11.6 Å². The van der Waals surface area contributed by atoms with Gasteiger partial charge >= 0.3 is 0 Å². The lowest BCUT2D eigenvalue weighted by Gasteiger charge is -2.15. The molecule has 0 bridgehead atoms. The third kappa shape index (κ3) is 3.85. The summed E-state index contributed by atoms with van der Waals surface area (Å²) < 4.78 is 27.2. The zero-order chi connectivity index (χ0) is 13.0. The van der Waals surface area contributed by atoms with E-state index in [1.54, 1.807) is 6.92 Å². The van der Waals surface area contributed by atoms with E-state index in [0.717, 1.165) is 12.1 Å². The summed E-state index contributed by atoms with van der Waals surface area (Å²) >= 11 is 2.98. The highest BCUT2D eigenvalue weighted by molar-refractivity contribution is 9.10. The number of nitrogens with zero attached hydrogens (tertiary/aromatic N) is 1. The maximum absolute atomic E-state index is 13.4. The number of nitrogens with two attached hydrogens (primary N) is 1. The lowest BCUT2D eigenvalue weighted by Crippen LogP contribution is -2.25. The van der Waals surface area contributed by atoms with E-state index in [-0.39, 0.29) is 24.0 Å². The highest BCUT2D eigenvalue weighted by atomic mass is 79.9. The van der Waals surface area contributed by atoms with Crippen LogP contribution >= 0.6 is 15.9 Å². The summed E-state index contributed by atoms with van der Waals surface area (Å²) in [7, 11) is 0. The summed E-state index contributed by atoms with van der Waals surface area (Å²) in [6, 6.07) is 1.94. The third-order valence-electron chi connectivity index (χ3n) is 2.04. The molecule has 0 aliphatic carbocycles. The molecule has 17 heavy (non-hydrogen) atoms. The number of nitrogens with one attached hydrogen (secondary N) is 1. The number of rotatable bonds is 4. The van der Waals surface area contributed by atoms with Gasteiger partial charge in [0.25, 0.3) is 0 Å². The van der Waals surface area contributed by atoms with Gasteiger partial charge in [0.05, 0.1) is 0 Å². The predicted molar refractivity (Wildman–Crippen MR) is 65.2 cm³/mol. The van der Waals surface area contributed by atoms with Gasteiger partial charge in [-0.15, -0.1) is 0 Å². The summed E-state index contributed by atoms with van der Waals surface area (Å²) in [4.78, 5) is 0. The molecule has 1 aromatic carbocycles. The molecule has 7 heteroatoms. The van der Waals surface area contributed by atoms with E-state index in [1.165, 1.54) is 0 Å². The van der Waals surface area contributed by atoms with Gasteiger partial charge in [0.2, 0.25) is 0 Å². The van der Waals surface area contributed by atoms with E-state index in [0.29, 0.717) is 4.47 Å². The van der Waals surface area contributed by atoms with Gasteiger partial charge in [0, 0.05) is 16.9 Å². The van der Waals surface area contributed by atoms with E-state index in [9.17, 15) is 8.78 Å². The second-order valence-corrected chi connectivity index (χ2v) is 4.50. The molecule has 0 aliphatic heterocycles. The van der Waals surface area contributed by atoms with Crippen molar-refractivity contribution in [1.82, 2.24) is 0 Å². The van der Waals surface area contributed by atoms with Gasteiger partial charge < -0.3 is 16.3 Å². The summed E-state index contributed by atoms with van der Waals surface area (Å²) in [5.41, 5.74) is 5.06. The van der Waals surface area contributed by atoms with Crippen molar-refractivity contribution in [3.63, 3.8) is 0 Å². The Bertz CT molecular complexity index is 417. The van der Waals surface area contributed by atoms with Crippen LogP contribution in [0.25, 0.3) is 0 Å². The Morgan fingerprint density at radius 2 is 2.06 bits per heavy atom. The summed E-state index contributed by atoms with van der Waals surface area (Å²) in [5.74, 6) is -1.42. The van der Waals surface area contributed by atoms with Gasteiger partial charge in [-0.1, -0.05) is 21.1 Å². The van der Waals surface area contributed by atoms with Crippen molar-refractivity contribution >= 4 is 27.5 Å². The molecule has 0 saturated carbocycles. The zero-order valence-electron chi connectivity index (χ0n) is 9.04. The number of amidine groups is 1. The molecule has 0 aliphatic rings. The second kappa shape index (κ2) is 5.81. The lowest BCUT2D eigenvalue weighted by molar-refractivity contribution is 0.316. The quantitative estimate of drug-likeness (QED) is 0.347. The van der Waals surface area contributed by atoms with Crippen molar-refractivity contribution in [2.45, 2.75) is 19.4 Å². The minimum atomic E-state index is -0.705. The molecule has 1 atom stereocenters. The van der Waals surface area contributed by atoms with Crippen molar-refractivity contribution < 1.29 is 14.0 Å². The molecule has 0 saturated heterocycles. The van der Waals surface area contributed by atoms with E-state index >= 15 is 0 Å². The number of hydrogen-bond donors (Lipinski definition) is 3. The van der Waals surface area contributed by atoms with Gasteiger partial charge in [-0.3, -0.25) is 0 Å². The summed E-state index contributed by atoms with van der Waals surface area (Å²) in [5, 5.41) is 13.8. The van der Waals surface area contributed by atoms with Gasteiger partial charge in [-0.05, 0) is 19.1 Å². The average Bonchev–Trinajstić information content (AvgIpc) is 2.23. The van der Waals surface area contributed by atoms with Crippen LogP contribution in [0.15, 0.2) is 21.8 Å². The number of halogens is 3. The number of oxime groups is 1. The fraction of sp³-hybridized carbons (Fsp3) is 0.300. The monoisotopic (exact) mass is 307 g/mol. The molecule has 4 N–H and O–H groups in total. The van der Waals surface area contributed by atoms with Gasteiger partial charge in [-0.25, -0.2) is 8.78 Å². The van der Waals surface area contributed by atoms with Crippen molar-refractivity contribution in [1.29, 1.82) is 0 Å². The molecule has 1 aromatic rings. The Morgan fingerprint density at radius 3 is 2.53 bits per heavy atom. The molecule has 0 heterocycles. The van der Waals surface area contributed by atoms with Gasteiger partial charge in [0.1, 0.15) is 23.2 Å². The second-order valence-electron chi connectivity index (χ2n) is 3.59. The van der Waals surface area contributed by atoms with Crippen LogP contribution in [0.2, 0.25) is 0 Å². The Balaban J connectivity index is 2.81. The van der Waals surface area contributed by atoms with Crippen LogP contribution in [0.1, 0.15) is 13.3 Å². The molecule has 94 valence electrons. The molecule has 0 amide bonds. The van der Waals surface area contributed by atoms with Gasteiger partial charge in [-0.2, -0.15) is 0 Å². The molecule has 0 aromatic heterocycles. The van der Waals surface area contributed by atoms with Crippen LogP contribution in [0, 0.1) is 11.6 Å². The highest BCUT2D eigenvalue weighted by Gasteiger charge is 2.13. The average molecular weight is 308 g/mol. The van der Waals surface area contributed by atoms with Crippen LogP contribution < -0.4 is 11.1 Å². The normalized spacial score (nSPS) is 13.5. The number of hydrogen-bond acceptors (Lipinski definition) is 3. The van der Waals surface area contributed by atoms with Crippen molar-refractivity contribution in [3.05, 3.63) is 28.2 Å². The van der Waals surface area contributed by atoms with E-state index in [1.807, 2.05) is 0 Å². The minimum absolute atomic E-state index is 0.0112. The Hall–Kier alpha value is -1.37. The fourth-order valence-electron chi connectivity index (χ4n) is 1.33. The van der Waals surface area contributed by atoms with Crippen LogP contribution in [0.5, 0.6) is 0 Å². The Kier molecular flexibility index (Phi) is 4.68. The molecule has 1 unspecified atom stereocenters. The largest absolute Gasteiger partial charge is 0.409 e. The summed E-state index contributed by atoms with van der Waals surface area (Å²) in [6.07, 6.45) is 0.172. The zero-order valence-corrected chi connectivity index (χ0v) is 10.6. The van der Waals surface area contributed by atoms with Crippen LogP contribution in [-0.2, 0) is 0 Å². The third-order valence-corrected chi connectivity index (χ3v) is 2.50. The molecule has 4 nitrogen and oxygen atoms in total. The Morgan fingerprint density at radius 1 is 1.53 bits per heavy atom. The lowest BCUT2D eigenvalue weighted by atomic mass is 10.2. The number of anilines is 1. The smallest absolute Gasteiger partial charge is 0.150 e. The topological polar surface area (TPSA) is 70.6 Å². The standard InChI is InChI=1S/C10H12BrF2N3O/c1-5(2-9(14)16-17)15-10-7(12)3-6(11)4-8(10)13/h3-5,15,17H,2H2,1H3,(H2,14,16). The molecule has 0 radical (unpaired) electrons. The maximum Gasteiger partial charge on any atom is 0.150 e. The summed E-state index contributed by atoms with van der Waals surface area (Å²) in [6.45, 7) is 1.67. The fourth-order valence-corrected chi connectivity index (χ4v) is 1.73. The van der Waals surface area contributed by atoms with Crippen molar-refractivity contribution in [3.8, 4) is 0 Å². The van der Waals surface area contributed by atoms with Crippen molar-refractivity contribution in [2.75, 3.05) is 5.32 Å². The van der Waals surface area contributed by atoms with E-state index in [4.69, 9.17) is 10.9 Å². The molecule has 0 spiro atoms. The molecular formula is C10H12BrF2N3O. The first-order valence-electron chi connectivity index (χ1n) is 4.81. The van der Waals surface area contributed by atoms with E-state index in [2.05, 4.69) is 26.4 Å². The molecule has 0 fully saturated rings. The first-order chi connectivity index (χ1) is 7.93. The first kappa shape index (κ1) is 13.7. The number of benzene rings is 1. The van der Waals surface area contributed by atoms with Crippen molar-refractivity contribution in [2.24, 2.45) is 10.9 Å². The molecular weight excluding hydrogens is 296 g/mol.